The number of nitrogens with two attached hydrogens (primary N) is 1. The van der Waals surface area contributed by atoms with Crippen molar-refractivity contribution in [2.75, 3.05) is 13.7 Å². The first-order valence-corrected chi connectivity index (χ1v) is 6.08. The molecular formula is C12H16BrNO3. The average Bonchev–Trinajstić information content (AvgIpc) is 2.28. The molecule has 0 aliphatic heterocycles. The van der Waals surface area contributed by atoms with E-state index in [1.807, 2.05) is 6.92 Å². The molecule has 4 nitrogen and oxygen atoms in total. The Kier molecular flexibility index (Phi) is 4.96. The van der Waals surface area contributed by atoms with Gasteiger partial charge in [0.15, 0.2) is 0 Å². The largest absolute Gasteiger partial charge is 0.496 e. The quantitative estimate of drug-likeness (QED) is 0.871. The third-order valence-corrected chi connectivity index (χ3v) is 3.36. The number of hydrogen-bond acceptors (Lipinski definition) is 3. The second-order valence-corrected chi connectivity index (χ2v) is 4.59. The maximum atomic E-state index is 11.3. The molecule has 17 heavy (non-hydrogen) atoms. The van der Waals surface area contributed by atoms with Gasteiger partial charge in [0.05, 0.1) is 12.7 Å². The molecule has 94 valence electrons. The van der Waals surface area contributed by atoms with Crippen LogP contribution in [0.5, 0.6) is 5.75 Å². The normalized spacial score (nSPS) is 10.4. The van der Waals surface area contributed by atoms with Crippen molar-refractivity contribution in [3.05, 3.63) is 27.2 Å². The lowest BCUT2D eigenvalue weighted by atomic mass is 9.99. The van der Waals surface area contributed by atoms with Gasteiger partial charge >= 0.3 is 0 Å². The summed E-state index contributed by atoms with van der Waals surface area (Å²) in [6.07, 6.45) is 1.39. The highest BCUT2D eigenvalue weighted by molar-refractivity contribution is 9.10. The SMILES string of the molecule is COc1c(C(N)=O)cc(Br)c(CCCO)c1C. The first kappa shape index (κ1) is 14.0. The molecule has 3 N–H and O–H groups in total. The van der Waals surface area contributed by atoms with Crippen LogP contribution in [0.4, 0.5) is 0 Å². The topological polar surface area (TPSA) is 72.5 Å². The fourth-order valence-electron chi connectivity index (χ4n) is 1.81. The van der Waals surface area contributed by atoms with Crippen molar-refractivity contribution >= 4 is 21.8 Å². The predicted molar refractivity (Wildman–Crippen MR) is 69.4 cm³/mol. The molecule has 0 aliphatic rings. The molecule has 0 saturated carbocycles. The lowest BCUT2D eigenvalue weighted by molar-refractivity contribution is 0.0997. The summed E-state index contributed by atoms with van der Waals surface area (Å²) in [5, 5.41) is 8.86. The van der Waals surface area contributed by atoms with Gasteiger partial charge in [-0.25, -0.2) is 0 Å². The van der Waals surface area contributed by atoms with E-state index in [4.69, 9.17) is 15.6 Å². The summed E-state index contributed by atoms with van der Waals surface area (Å²) >= 11 is 3.41. The molecule has 0 heterocycles. The van der Waals surface area contributed by atoms with Gasteiger partial charge in [-0.3, -0.25) is 4.79 Å². The molecule has 5 heteroatoms. The Morgan fingerprint density at radius 2 is 2.24 bits per heavy atom. The van der Waals surface area contributed by atoms with Gasteiger partial charge in [0.25, 0.3) is 5.91 Å². The van der Waals surface area contributed by atoms with Gasteiger partial charge in [-0.2, -0.15) is 0 Å². The first-order valence-electron chi connectivity index (χ1n) is 5.29. The smallest absolute Gasteiger partial charge is 0.252 e. The van der Waals surface area contributed by atoms with Crippen molar-refractivity contribution < 1.29 is 14.6 Å². The van der Waals surface area contributed by atoms with Crippen molar-refractivity contribution in [3.63, 3.8) is 0 Å². The lowest BCUT2D eigenvalue weighted by Crippen LogP contribution is -2.14. The summed E-state index contributed by atoms with van der Waals surface area (Å²) < 4.78 is 6.05. The zero-order chi connectivity index (χ0) is 13.0. The van der Waals surface area contributed by atoms with E-state index < -0.39 is 5.91 Å². The highest BCUT2D eigenvalue weighted by Gasteiger charge is 2.17. The minimum absolute atomic E-state index is 0.131. The molecule has 0 spiro atoms. The molecule has 0 atom stereocenters. The Morgan fingerprint density at radius 3 is 2.71 bits per heavy atom. The number of carbonyl (C=O) groups is 1. The van der Waals surface area contributed by atoms with Gasteiger partial charge < -0.3 is 15.6 Å². The van der Waals surface area contributed by atoms with Crippen LogP contribution in [0, 0.1) is 6.92 Å². The summed E-state index contributed by atoms with van der Waals surface area (Å²) in [6, 6.07) is 1.67. The molecule has 0 aromatic heterocycles. The Labute approximate surface area is 109 Å². The summed E-state index contributed by atoms with van der Waals surface area (Å²) in [5.41, 5.74) is 7.57. The molecule has 1 aromatic carbocycles. The number of halogens is 1. The van der Waals surface area contributed by atoms with Crippen LogP contribution in [0.2, 0.25) is 0 Å². The number of methoxy groups -OCH3 is 1. The zero-order valence-electron chi connectivity index (χ0n) is 9.92. The van der Waals surface area contributed by atoms with Gasteiger partial charge in [-0.1, -0.05) is 15.9 Å². The molecule has 0 bridgehead atoms. The van der Waals surface area contributed by atoms with Crippen LogP contribution in [-0.2, 0) is 6.42 Å². The van der Waals surface area contributed by atoms with E-state index >= 15 is 0 Å². The van der Waals surface area contributed by atoms with Gasteiger partial charge in [0.1, 0.15) is 5.75 Å². The minimum Gasteiger partial charge on any atom is -0.496 e. The number of aliphatic hydroxyl groups excluding tert-OH is 1. The number of amides is 1. The van der Waals surface area contributed by atoms with E-state index in [2.05, 4.69) is 15.9 Å². The van der Waals surface area contributed by atoms with E-state index in [1.165, 1.54) is 7.11 Å². The molecule has 0 fully saturated rings. The highest BCUT2D eigenvalue weighted by atomic mass is 79.9. The molecule has 1 amide bonds. The Hall–Kier alpha value is -1.07. The number of primary amides is 1. The number of carbonyl (C=O) groups excluding carboxylic acids is 1. The molecule has 0 saturated heterocycles. The Morgan fingerprint density at radius 1 is 1.59 bits per heavy atom. The van der Waals surface area contributed by atoms with Gasteiger partial charge in [0, 0.05) is 11.1 Å². The van der Waals surface area contributed by atoms with E-state index in [9.17, 15) is 4.79 Å². The number of hydrogen-bond donors (Lipinski definition) is 2. The summed E-state index contributed by atoms with van der Waals surface area (Å²) in [4.78, 5) is 11.3. The third kappa shape index (κ3) is 2.98. The number of ether oxygens (including phenoxy) is 1. The Bertz CT molecular complexity index is 432. The van der Waals surface area contributed by atoms with Crippen LogP contribution < -0.4 is 10.5 Å². The Balaban J connectivity index is 3.30. The second kappa shape index (κ2) is 6.02. The van der Waals surface area contributed by atoms with Crippen molar-refractivity contribution in [2.45, 2.75) is 19.8 Å². The monoisotopic (exact) mass is 301 g/mol. The third-order valence-electron chi connectivity index (χ3n) is 2.65. The number of aliphatic hydroxyl groups is 1. The maximum Gasteiger partial charge on any atom is 0.252 e. The molecule has 1 rings (SSSR count). The molecule has 1 aromatic rings. The van der Waals surface area contributed by atoms with Crippen LogP contribution in [0.3, 0.4) is 0 Å². The van der Waals surface area contributed by atoms with E-state index in [1.54, 1.807) is 6.07 Å². The molecule has 0 unspecified atom stereocenters. The fourth-order valence-corrected chi connectivity index (χ4v) is 2.53. The van der Waals surface area contributed by atoms with E-state index in [-0.39, 0.29) is 6.61 Å². The standard InChI is InChI=1S/C12H16BrNO3/c1-7-8(4-3-5-15)10(13)6-9(12(14)16)11(7)17-2/h6,15H,3-5H2,1-2H3,(H2,14,16). The highest BCUT2D eigenvalue weighted by Crippen LogP contribution is 2.33. The van der Waals surface area contributed by atoms with Crippen LogP contribution in [-0.4, -0.2) is 24.7 Å². The zero-order valence-corrected chi connectivity index (χ0v) is 11.5. The first-order chi connectivity index (χ1) is 8.02. The van der Waals surface area contributed by atoms with Crippen LogP contribution in [0.25, 0.3) is 0 Å². The van der Waals surface area contributed by atoms with Gasteiger partial charge in [-0.05, 0) is 37.0 Å². The van der Waals surface area contributed by atoms with Crippen LogP contribution >= 0.6 is 15.9 Å². The molecular weight excluding hydrogens is 286 g/mol. The summed E-state index contributed by atoms with van der Waals surface area (Å²) in [7, 11) is 1.51. The minimum atomic E-state index is -0.514. The summed E-state index contributed by atoms with van der Waals surface area (Å²) in [6.45, 7) is 2.01. The van der Waals surface area contributed by atoms with Crippen molar-refractivity contribution in [2.24, 2.45) is 5.73 Å². The van der Waals surface area contributed by atoms with Crippen LogP contribution in [0.1, 0.15) is 27.9 Å². The number of rotatable bonds is 5. The van der Waals surface area contributed by atoms with E-state index in [0.717, 1.165) is 22.0 Å². The van der Waals surface area contributed by atoms with Gasteiger partial charge in [0.2, 0.25) is 0 Å². The predicted octanol–water partition coefficient (Wildman–Crippen LogP) is 1.79. The lowest BCUT2D eigenvalue weighted by Gasteiger charge is -2.15. The van der Waals surface area contributed by atoms with Crippen molar-refractivity contribution in [3.8, 4) is 5.75 Å². The average molecular weight is 302 g/mol. The van der Waals surface area contributed by atoms with E-state index in [0.29, 0.717) is 17.7 Å². The van der Waals surface area contributed by atoms with Gasteiger partial charge in [-0.15, -0.1) is 0 Å². The van der Waals surface area contributed by atoms with Crippen LogP contribution in [0.15, 0.2) is 10.5 Å². The summed E-state index contributed by atoms with van der Waals surface area (Å²) in [5.74, 6) is -0.00648. The number of benzene rings is 1. The van der Waals surface area contributed by atoms with Crippen molar-refractivity contribution in [1.29, 1.82) is 0 Å². The maximum absolute atomic E-state index is 11.3. The molecule has 0 aliphatic carbocycles. The molecule has 0 radical (unpaired) electrons. The van der Waals surface area contributed by atoms with Crippen molar-refractivity contribution in [1.82, 2.24) is 0 Å². The fraction of sp³-hybridized carbons (Fsp3) is 0.417. The second-order valence-electron chi connectivity index (χ2n) is 3.73.